The molecule has 96 valence electrons. The molecule has 2 aromatic rings. The summed E-state index contributed by atoms with van der Waals surface area (Å²) in [6.45, 7) is 0.216. The fourth-order valence-corrected chi connectivity index (χ4v) is 2.11. The van der Waals surface area contributed by atoms with Crippen molar-refractivity contribution in [3.05, 3.63) is 63.6 Å². The maximum Gasteiger partial charge on any atom is 0.131 e. The van der Waals surface area contributed by atoms with Crippen molar-refractivity contribution in [1.82, 2.24) is 0 Å². The number of hydrogen-bond acceptors (Lipinski definition) is 2. The normalized spacial score (nSPS) is 10.0. The minimum absolute atomic E-state index is 0.216. The van der Waals surface area contributed by atoms with E-state index in [2.05, 4.69) is 21.2 Å². The zero-order valence-electron chi connectivity index (χ0n) is 9.75. The topological polar surface area (TPSA) is 35.8 Å². The summed E-state index contributed by atoms with van der Waals surface area (Å²) in [5.41, 5.74) is 1.55. The minimum Gasteiger partial charge on any atom is -0.381 e. The molecule has 0 spiro atoms. The lowest BCUT2D eigenvalue weighted by Gasteiger charge is -2.08. The van der Waals surface area contributed by atoms with Gasteiger partial charge in [0.1, 0.15) is 11.6 Å². The van der Waals surface area contributed by atoms with Crippen LogP contribution in [0.4, 0.5) is 14.5 Å². The summed E-state index contributed by atoms with van der Waals surface area (Å²) >= 11 is 3.29. The Balaban J connectivity index is 2.14. The maximum absolute atomic E-state index is 13.4. The van der Waals surface area contributed by atoms with Crippen molar-refractivity contribution in [2.75, 3.05) is 5.32 Å². The molecule has 0 atom stereocenters. The van der Waals surface area contributed by atoms with Gasteiger partial charge in [-0.05, 0) is 24.3 Å². The molecule has 0 fully saturated rings. The van der Waals surface area contributed by atoms with Gasteiger partial charge in [0.05, 0.1) is 11.6 Å². The monoisotopic (exact) mass is 322 g/mol. The van der Waals surface area contributed by atoms with Crippen LogP contribution in [0.2, 0.25) is 0 Å². The van der Waals surface area contributed by atoms with Crippen molar-refractivity contribution >= 4 is 21.6 Å². The van der Waals surface area contributed by atoms with Crippen molar-refractivity contribution in [2.45, 2.75) is 6.54 Å². The second-order valence-electron chi connectivity index (χ2n) is 3.93. The summed E-state index contributed by atoms with van der Waals surface area (Å²) in [5.74, 6) is -1.20. The number of rotatable bonds is 3. The van der Waals surface area contributed by atoms with Crippen LogP contribution in [0.5, 0.6) is 0 Å². The van der Waals surface area contributed by atoms with Crippen LogP contribution in [-0.4, -0.2) is 0 Å². The smallest absolute Gasteiger partial charge is 0.131 e. The summed E-state index contributed by atoms with van der Waals surface area (Å²) in [4.78, 5) is 0. The van der Waals surface area contributed by atoms with Gasteiger partial charge < -0.3 is 5.32 Å². The van der Waals surface area contributed by atoms with E-state index < -0.39 is 11.6 Å². The Hall–Kier alpha value is -1.93. The number of hydrogen-bond donors (Lipinski definition) is 1. The SMILES string of the molecule is N#Cc1cc(Br)cc(NCc2ccc(F)cc2F)c1. The van der Waals surface area contributed by atoms with Crippen molar-refractivity contribution in [1.29, 1.82) is 5.26 Å². The highest BCUT2D eigenvalue weighted by molar-refractivity contribution is 9.10. The molecule has 2 aromatic carbocycles. The minimum atomic E-state index is -0.601. The Morgan fingerprint density at radius 1 is 1.16 bits per heavy atom. The van der Waals surface area contributed by atoms with Crippen LogP contribution in [0, 0.1) is 23.0 Å². The fourth-order valence-electron chi connectivity index (χ4n) is 1.62. The molecule has 2 rings (SSSR count). The third kappa shape index (κ3) is 3.52. The lowest BCUT2D eigenvalue weighted by atomic mass is 10.2. The largest absolute Gasteiger partial charge is 0.381 e. The molecule has 0 saturated carbocycles. The average Bonchev–Trinajstić information content (AvgIpc) is 2.37. The molecule has 0 unspecified atom stereocenters. The van der Waals surface area contributed by atoms with Gasteiger partial charge >= 0.3 is 0 Å². The first-order valence-electron chi connectivity index (χ1n) is 5.47. The Morgan fingerprint density at radius 3 is 2.63 bits per heavy atom. The van der Waals surface area contributed by atoms with Crippen molar-refractivity contribution in [3.63, 3.8) is 0 Å². The molecular formula is C14H9BrF2N2. The van der Waals surface area contributed by atoms with Crippen LogP contribution in [0.15, 0.2) is 40.9 Å². The molecule has 0 amide bonds. The molecule has 0 radical (unpaired) electrons. The van der Waals surface area contributed by atoms with Gasteiger partial charge in [-0.2, -0.15) is 5.26 Å². The van der Waals surface area contributed by atoms with Gasteiger partial charge in [0, 0.05) is 28.3 Å². The van der Waals surface area contributed by atoms with E-state index in [-0.39, 0.29) is 6.54 Å². The van der Waals surface area contributed by atoms with Gasteiger partial charge in [0.25, 0.3) is 0 Å². The Labute approximate surface area is 117 Å². The first kappa shape index (κ1) is 13.5. The van der Waals surface area contributed by atoms with Gasteiger partial charge in [-0.15, -0.1) is 0 Å². The summed E-state index contributed by atoms with van der Waals surface area (Å²) in [5, 5.41) is 11.8. The molecule has 0 aliphatic heterocycles. The molecular weight excluding hydrogens is 314 g/mol. The Bertz CT molecular complexity index is 650. The lowest BCUT2D eigenvalue weighted by molar-refractivity contribution is 0.574. The van der Waals surface area contributed by atoms with E-state index in [9.17, 15) is 8.78 Å². The van der Waals surface area contributed by atoms with E-state index in [0.717, 1.165) is 10.5 Å². The lowest BCUT2D eigenvalue weighted by Crippen LogP contribution is -2.02. The molecule has 0 aliphatic carbocycles. The molecule has 2 nitrogen and oxygen atoms in total. The highest BCUT2D eigenvalue weighted by Gasteiger charge is 2.04. The molecule has 0 bridgehead atoms. The highest BCUT2D eigenvalue weighted by Crippen LogP contribution is 2.20. The summed E-state index contributed by atoms with van der Waals surface area (Å²) in [6.07, 6.45) is 0. The quantitative estimate of drug-likeness (QED) is 0.918. The first-order valence-corrected chi connectivity index (χ1v) is 6.26. The molecule has 5 heteroatoms. The second-order valence-corrected chi connectivity index (χ2v) is 4.85. The van der Waals surface area contributed by atoms with E-state index in [1.54, 1.807) is 18.2 Å². The summed E-state index contributed by atoms with van der Waals surface area (Å²) in [6, 6.07) is 10.6. The number of nitrogens with one attached hydrogen (secondary N) is 1. The molecule has 0 heterocycles. The van der Waals surface area contributed by atoms with Gasteiger partial charge in [-0.25, -0.2) is 8.78 Å². The summed E-state index contributed by atoms with van der Waals surface area (Å²) < 4.78 is 27.0. The molecule has 19 heavy (non-hydrogen) atoms. The average molecular weight is 323 g/mol. The van der Waals surface area contributed by atoms with E-state index in [4.69, 9.17) is 5.26 Å². The number of anilines is 1. The zero-order valence-corrected chi connectivity index (χ0v) is 11.3. The van der Waals surface area contributed by atoms with Gasteiger partial charge in [-0.3, -0.25) is 0 Å². The fraction of sp³-hybridized carbons (Fsp3) is 0.0714. The van der Waals surface area contributed by atoms with E-state index in [1.807, 2.05) is 6.07 Å². The number of halogens is 3. The Morgan fingerprint density at radius 2 is 1.95 bits per heavy atom. The predicted octanol–water partition coefficient (Wildman–Crippen LogP) is 4.21. The van der Waals surface area contributed by atoms with Gasteiger partial charge in [-0.1, -0.05) is 22.0 Å². The van der Waals surface area contributed by atoms with Crippen LogP contribution in [0.1, 0.15) is 11.1 Å². The van der Waals surface area contributed by atoms with Crippen LogP contribution >= 0.6 is 15.9 Å². The number of benzene rings is 2. The molecule has 0 saturated heterocycles. The van der Waals surface area contributed by atoms with Crippen molar-refractivity contribution < 1.29 is 8.78 Å². The Kier molecular flexibility index (Phi) is 4.13. The van der Waals surface area contributed by atoms with Crippen molar-refractivity contribution in [3.8, 4) is 6.07 Å². The second kappa shape index (κ2) is 5.81. The number of nitrogens with zero attached hydrogens (tertiary/aromatic N) is 1. The van der Waals surface area contributed by atoms with Gasteiger partial charge in [0.15, 0.2) is 0 Å². The number of nitriles is 1. The predicted molar refractivity (Wildman–Crippen MR) is 72.5 cm³/mol. The summed E-state index contributed by atoms with van der Waals surface area (Å²) in [7, 11) is 0. The maximum atomic E-state index is 13.4. The van der Waals surface area contributed by atoms with Crippen LogP contribution in [0.3, 0.4) is 0 Å². The molecule has 0 aliphatic rings. The van der Waals surface area contributed by atoms with Crippen LogP contribution in [0.25, 0.3) is 0 Å². The van der Waals surface area contributed by atoms with Crippen molar-refractivity contribution in [2.24, 2.45) is 0 Å². The van der Waals surface area contributed by atoms with E-state index in [0.29, 0.717) is 16.8 Å². The molecule has 0 aromatic heterocycles. The highest BCUT2D eigenvalue weighted by atomic mass is 79.9. The van der Waals surface area contributed by atoms with E-state index in [1.165, 1.54) is 12.1 Å². The third-order valence-corrected chi connectivity index (χ3v) is 2.98. The van der Waals surface area contributed by atoms with Gasteiger partial charge in [0.2, 0.25) is 0 Å². The standard InChI is InChI=1S/C14H9BrF2N2/c15-11-3-9(7-18)4-13(5-11)19-8-10-1-2-12(16)6-14(10)17/h1-6,19H,8H2. The first-order chi connectivity index (χ1) is 9.08. The van der Waals surface area contributed by atoms with Crippen LogP contribution < -0.4 is 5.32 Å². The third-order valence-electron chi connectivity index (χ3n) is 2.52. The van der Waals surface area contributed by atoms with E-state index >= 15 is 0 Å². The van der Waals surface area contributed by atoms with Crippen LogP contribution in [-0.2, 0) is 6.54 Å². The zero-order chi connectivity index (χ0) is 13.8. The molecule has 1 N–H and O–H groups in total.